The van der Waals surface area contributed by atoms with Gasteiger partial charge in [-0.2, -0.15) is 0 Å². The summed E-state index contributed by atoms with van der Waals surface area (Å²) in [5, 5.41) is 2.51. The van der Waals surface area contributed by atoms with Crippen LogP contribution in [0.2, 0.25) is 0 Å². The standard InChI is InChI=1S/C64H46N2/c1-63(2)57-27-15-12-24-51(57)53-38-35-50(42-60(53)63)65(48-33-30-43(31-34-48)44-32-37-55-54-26-14-17-29-61(54)66(62(55)40-44)47-22-10-5-11-23-47)49-36-39-59-56(41-49)52-25-13-16-28-58(52)64(59,45-18-6-3-7-19-45)46-20-8-4-9-21-46/h3-42H,1-2H3. The third-order valence-electron chi connectivity index (χ3n) is 14.7. The molecular formula is C64H46N2. The van der Waals surface area contributed by atoms with Crippen LogP contribution in [0, 0.1) is 0 Å². The van der Waals surface area contributed by atoms with Crippen molar-refractivity contribution in [2.24, 2.45) is 0 Å². The number of nitrogens with zero attached hydrogens (tertiary/aromatic N) is 2. The normalized spacial score (nSPS) is 13.8. The maximum atomic E-state index is 2.47. The number of para-hydroxylation sites is 2. The molecule has 0 bridgehead atoms. The van der Waals surface area contributed by atoms with Crippen molar-refractivity contribution in [3.05, 3.63) is 276 Å². The van der Waals surface area contributed by atoms with Gasteiger partial charge in [-0.05, 0) is 127 Å². The lowest BCUT2D eigenvalue weighted by Crippen LogP contribution is -2.28. The van der Waals surface area contributed by atoms with Crippen molar-refractivity contribution < 1.29 is 0 Å². The zero-order chi connectivity index (χ0) is 44.0. The first-order valence-electron chi connectivity index (χ1n) is 23.1. The number of anilines is 3. The Balaban J connectivity index is 0.987. The minimum absolute atomic E-state index is 0.139. The van der Waals surface area contributed by atoms with Crippen LogP contribution in [0.3, 0.4) is 0 Å². The Labute approximate surface area is 386 Å². The minimum Gasteiger partial charge on any atom is -0.310 e. The van der Waals surface area contributed by atoms with Gasteiger partial charge in [0.25, 0.3) is 0 Å². The SMILES string of the molecule is CC1(C)c2ccccc2-c2ccc(N(c3ccc(-c4ccc5c6ccccc6n(-c6ccccc6)c5c4)cc3)c3ccc4c(c3)-c3ccccc3C4(c3ccccc3)c3ccccc3)cc21. The zero-order valence-electron chi connectivity index (χ0n) is 37.0. The summed E-state index contributed by atoms with van der Waals surface area (Å²) < 4.78 is 2.40. The van der Waals surface area contributed by atoms with E-state index >= 15 is 0 Å². The van der Waals surface area contributed by atoms with E-state index in [9.17, 15) is 0 Å². The van der Waals surface area contributed by atoms with Gasteiger partial charge in [-0.25, -0.2) is 0 Å². The lowest BCUT2D eigenvalue weighted by atomic mass is 9.68. The van der Waals surface area contributed by atoms with E-state index in [0.717, 1.165) is 22.7 Å². The fourth-order valence-electron chi connectivity index (χ4n) is 11.7. The first kappa shape index (κ1) is 38.3. The molecule has 0 amide bonds. The maximum absolute atomic E-state index is 2.47. The van der Waals surface area contributed by atoms with Gasteiger partial charge in [0, 0.05) is 38.9 Å². The van der Waals surface area contributed by atoms with Crippen LogP contribution in [0.1, 0.15) is 47.2 Å². The predicted octanol–water partition coefficient (Wildman–Crippen LogP) is 16.6. The van der Waals surface area contributed by atoms with Gasteiger partial charge in [0.15, 0.2) is 0 Å². The second-order valence-corrected chi connectivity index (χ2v) is 18.5. The third-order valence-corrected chi connectivity index (χ3v) is 14.7. The van der Waals surface area contributed by atoms with Crippen molar-refractivity contribution in [1.29, 1.82) is 0 Å². The summed E-state index contributed by atoms with van der Waals surface area (Å²) in [6, 6.07) is 90.0. The molecule has 11 aromatic rings. The number of benzene rings is 10. The van der Waals surface area contributed by atoms with E-state index in [4.69, 9.17) is 0 Å². The predicted molar refractivity (Wildman–Crippen MR) is 276 cm³/mol. The fourth-order valence-corrected chi connectivity index (χ4v) is 11.7. The Morgan fingerprint density at radius 3 is 1.58 bits per heavy atom. The fraction of sp³-hybridized carbons (Fsp3) is 0.0625. The average Bonchev–Trinajstić information content (AvgIpc) is 3.96. The highest BCUT2D eigenvalue weighted by atomic mass is 15.1. The van der Waals surface area contributed by atoms with Gasteiger partial charge in [0.05, 0.1) is 16.4 Å². The third kappa shape index (κ3) is 5.55. The molecule has 1 aromatic heterocycles. The van der Waals surface area contributed by atoms with Crippen LogP contribution >= 0.6 is 0 Å². The van der Waals surface area contributed by atoms with E-state index in [1.165, 1.54) is 88.6 Å². The van der Waals surface area contributed by atoms with Crippen molar-refractivity contribution >= 4 is 38.9 Å². The molecule has 0 atom stereocenters. The van der Waals surface area contributed by atoms with Gasteiger partial charge in [-0.1, -0.05) is 196 Å². The molecule has 13 rings (SSSR count). The van der Waals surface area contributed by atoms with Gasteiger partial charge < -0.3 is 9.47 Å². The minimum atomic E-state index is -0.462. The van der Waals surface area contributed by atoms with Crippen LogP contribution in [-0.4, -0.2) is 4.57 Å². The Hall–Kier alpha value is -8.20. The van der Waals surface area contributed by atoms with Gasteiger partial charge >= 0.3 is 0 Å². The molecular weight excluding hydrogens is 797 g/mol. The molecule has 2 aliphatic carbocycles. The molecule has 66 heavy (non-hydrogen) atoms. The van der Waals surface area contributed by atoms with Gasteiger partial charge in [0.1, 0.15) is 0 Å². The Morgan fingerprint density at radius 1 is 0.333 bits per heavy atom. The highest BCUT2D eigenvalue weighted by Crippen LogP contribution is 2.58. The van der Waals surface area contributed by atoms with Crippen LogP contribution in [0.5, 0.6) is 0 Å². The van der Waals surface area contributed by atoms with Crippen LogP contribution in [-0.2, 0) is 10.8 Å². The van der Waals surface area contributed by atoms with Gasteiger partial charge in [0.2, 0.25) is 0 Å². The van der Waals surface area contributed by atoms with Crippen molar-refractivity contribution in [2.75, 3.05) is 4.90 Å². The molecule has 0 radical (unpaired) electrons. The van der Waals surface area contributed by atoms with Crippen LogP contribution in [0.15, 0.2) is 243 Å². The van der Waals surface area contributed by atoms with Crippen molar-refractivity contribution in [3.8, 4) is 39.1 Å². The molecule has 0 fully saturated rings. The van der Waals surface area contributed by atoms with Crippen molar-refractivity contribution in [2.45, 2.75) is 24.7 Å². The number of hydrogen-bond acceptors (Lipinski definition) is 1. The van der Waals surface area contributed by atoms with Crippen LogP contribution in [0.25, 0.3) is 60.9 Å². The van der Waals surface area contributed by atoms with Crippen molar-refractivity contribution in [3.63, 3.8) is 0 Å². The van der Waals surface area contributed by atoms with E-state index in [0.29, 0.717) is 0 Å². The van der Waals surface area contributed by atoms with E-state index in [-0.39, 0.29) is 5.41 Å². The molecule has 0 aliphatic heterocycles. The second kappa shape index (κ2) is 14.7. The quantitative estimate of drug-likeness (QED) is 0.155. The Kier molecular flexibility index (Phi) is 8.51. The molecule has 312 valence electrons. The molecule has 0 saturated heterocycles. The summed E-state index contributed by atoms with van der Waals surface area (Å²) >= 11 is 0. The molecule has 0 saturated carbocycles. The molecule has 0 spiro atoms. The summed E-state index contributed by atoms with van der Waals surface area (Å²) in [5.41, 5.74) is 21.8. The largest absolute Gasteiger partial charge is 0.310 e. The molecule has 2 heteroatoms. The number of hydrogen-bond donors (Lipinski definition) is 0. The highest BCUT2D eigenvalue weighted by molar-refractivity contribution is 6.10. The van der Waals surface area contributed by atoms with Crippen molar-refractivity contribution in [1.82, 2.24) is 4.57 Å². The molecule has 2 nitrogen and oxygen atoms in total. The zero-order valence-corrected chi connectivity index (χ0v) is 37.0. The molecule has 2 aliphatic rings. The van der Waals surface area contributed by atoms with E-state index in [2.05, 4.69) is 266 Å². The van der Waals surface area contributed by atoms with Gasteiger partial charge in [-0.3, -0.25) is 0 Å². The summed E-state index contributed by atoms with van der Waals surface area (Å²) in [5.74, 6) is 0. The lowest BCUT2D eigenvalue weighted by Gasteiger charge is -2.34. The Bertz CT molecular complexity index is 3620. The Morgan fingerprint density at radius 2 is 0.848 bits per heavy atom. The van der Waals surface area contributed by atoms with E-state index in [1.54, 1.807) is 0 Å². The number of aromatic nitrogens is 1. The van der Waals surface area contributed by atoms with E-state index < -0.39 is 5.41 Å². The topological polar surface area (TPSA) is 8.17 Å². The molecule has 1 heterocycles. The lowest BCUT2D eigenvalue weighted by molar-refractivity contribution is 0.660. The smallest absolute Gasteiger partial charge is 0.0713 e. The molecule has 10 aromatic carbocycles. The monoisotopic (exact) mass is 842 g/mol. The maximum Gasteiger partial charge on any atom is 0.0713 e. The summed E-state index contributed by atoms with van der Waals surface area (Å²) in [6.45, 7) is 4.74. The first-order valence-corrected chi connectivity index (χ1v) is 23.1. The van der Waals surface area contributed by atoms with Crippen LogP contribution < -0.4 is 4.90 Å². The van der Waals surface area contributed by atoms with Gasteiger partial charge in [-0.15, -0.1) is 0 Å². The van der Waals surface area contributed by atoms with E-state index in [1.807, 2.05) is 0 Å². The molecule has 0 unspecified atom stereocenters. The second-order valence-electron chi connectivity index (χ2n) is 18.5. The summed E-state index contributed by atoms with van der Waals surface area (Å²) in [7, 11) is 0. The average molecular weight is 843 g/mol. The summed E-state index contributed by atoms with van der Waals surface area (Å²) in [6.07, 6.45) is 0. The highest BCUT2D eigenvalue weighted by Gasteiger charge is 2.46. The molecule has 0 N–H and O–H groups in total. The van der Waals surface area contributed by atoms with Crippen LogP contribution in [0.4, 0.5) is 17.1 Å². The first-order chi connectivity index (χ1) is 32.5. The number of fused-ring (bicyclic) bond motifs is 9. The number of rotatable bonds is 7. The summed E-state index contributed by atoms with van der Waals surface area (Å²) in [4.78, 5) is 2.47.